The van der Waals surface area contributed by atoms with E-state index in [9.17, 15) is 9.59 Å². The van der Waals surface area contributed by atoms with Crippen LogP contribution in [0.3, 0.4) is 0 Å². The van der Waals surface area contributed by atoms with Crippen molar-refractivity contribution in [3.63, 3.8) is 0 Å². The van der Waals surface area contributed by atoms with Crippen molar-refractivity contribution in [2.24, 2.45) is 28.6 Å². The molecule has 6 rings (SSSR count). The summed E-state index contributed by atoms with van der Waals surface area (Å²) in [5, 5.41) is 0. The van der Waals surface area contributed by atoms with Crippen LogP contribution in [0.5, 0.6) is 0 Å². The number of hydrogen-bond acceptors (Lipinski definition) is 4. The molecule has 0 N–H and O–H groups in total. The van der Waals surface area contributed by atoms with Crippen LogP contribution in [0.15, 0.2) is 11.6 Å². The number of Topliss-reactive ketones (excluding diaryl/α,β-unsaturated/α-hetero) is 1. The second kappa shape index (κ2) is 7.53. The van der Waals surface area contributed by atoms with Crippen molar-refractivity contribution in [1.29, 1.82) is 0 Å². The molecule has 0 aromatic rings. The molecule has 1 saturated heterocycles. The maximum atomic E-state index is 13.5. The topological polar surface area (TPSA) is 52.6 Å². The summed E-state index contributed by atoms with van der Waals surface area (Å²) in [7, 11) is -0.191. The molecule has 4 saturated carbocycles. The zero-order valence-corrected chi connectivity index (χ0v) is 20.0. The summed E-state index contributed by atoms with van der Waals surface area (Å²) in [6, 6.07) is 0. The Hall–Kier alpha value is -0.935. The van der Waals surface area contributed by atoms with Crippen LogP contribution in [0.4, 0.5) is 0 Å². The quantitative estimate of drug-likeness (QED) is 0.493. The summed E-state index contributed by atoms with van der Waals surface area (Å²) < 4.78 is 12.9. The van der Waals surface area contributed by atoms with Gasteiger partial charge in [0.25, 0.3) is 0 Å². The van der Waals surface area contributed by atoms with Crippen molar-refractivity contribution in [2.75, 3.05) is 6.61 Å². The smallest absolute Gasteiger partial charge is 0.403 e. The molecule has 174 valence electrons. The van der Waals surface area contributed by atoms with Crippen LogP contribution >= 0.6 is 0 Å². The van der Waals surface area contributed by atoms with Gasteiger partial charge in [0.05, 0.1) is 6.61 Å². The predicted molar refractivity (Wildman–Crippen MR) is 124 cm³/mol. The van der Waals surface area contributed by atoms with Crippen molar-refractivity contribution >= 4 is 18.7 Å². The normalized spacial score (nSPS) is 47.1. The molecule has 6 unspecified atom stereocenters. The standard InChI is InChI=1S/C27H39BO4/c1-25-13-10-20(29)16-18(25)8-9-21-22(25)11-14-26(2)23(21)12-15-27(26)24(30)17-31-28(32-27)19-6-4-3-5-7-19/h16,19,21-23H,3-15,17H2,1-2H3. The first kappa shape index (κ1) is 21.6. The van der Waals surface area contributed by atoms with Crippen LogP contribution in [0, 0.1) is 28.6 Å². The lowest BCUT2D eigenvalue weighted by Gasteiger charge is -2.60. The van der Waals surface area contributed by atoms with Gasteiger partial charge in [-0.1, -0.05) is 51.5 Å². The van der Waals surface area contributed by atoms with Crippen LogP contribution < -0.4 is 0 Å². The van der Waals surface area contributed by atoms with E-state index in [1.54, 1.807) is 0 Å². The number of allylic oxidation sites excluding steroid dienone is 1. The van der Waals surface area contributed by atoms with E-state index >= 15 is 0 Å². The Balaban J connectivity index is 1.29. The molecular weight excluding hydrogens is 399 g/mol. The Morgan fingerprint density at radius 1 is 0.906 bits per heavy atom. The lowest BCUT2D eigenvalue weighted by Crippen LogP contribution is -2.64. The predicted octanol–water partition coefficient (Wildman–Crippen LogP) is 5.70. The first-order chi connectivity index (χ1) is 15.4. The van der Waals surface area contributed by atoms with E-state index in [0.29, 0.717) is 35.8 Å². The molecule has 0 aromatic carbocycles. The fourth-order valence-corrected chi connectivity index (χ4v) is 9.42. The van der Waals surface area contributed by atoms with Gasteiger partial charge in [-0.2, -0.15) is 0 Å². The third-order valence-corrected chi connectivity index (χ3v) is 11.3. The lowest BCUT2D eigenvalue weighted by molar-refractivity contribution is -0.170. The molecule has 6 atom stereocenters. The van der Waals surface area contributed by atoms with E-state index in [1.807, 2.05) is 6.08 Å². The lowest BCUT2D eigenvalue weighted by atomic mass is 9.46. The van der Waals surface area contributed by atoms with Gasteiger partial charge < -0.3 is 9.31 Å². The van der Waals surface area contributed by atoms with Crippen LogP contribution in [0.2, 0.25) is 5.82 Å². The van der Waals surface area contributed by atoms with Crippen molar-refractivity contribution in [1.82, 2.24) is 0 Å². The molecule has 5 fully saturated rings. The number of carbonyl (C=O) groups excluding carboxylic acids is 2. The zero-order chi connectivity index (χ0) is 22.1. The highest BCUT2D eigenvalue weighted by Gasteiger charge is 2.69. The third kappa shape index (κ3) is 2.89. The second-order valence-electron chi connectivity index (χ2n) is 12.4. The minimum absolute atomic E-state index is 0.0794. The largest absolute Gasteiger partial charge is 0.461 e. The summed E-state index contributed by atoms with van der Waals surface area (Å²) >= 11 is 0. The van der Waals surface area contributed by atoms with Gasteiger partial charge in [0.15, 0.2) is 11.6 Å². The summed E-state index contributed by atoms with van der Waals surface area (Å²) in [4.78, 5) is 25.6. The Morgan fingerprint density at radius 2 is 1.69 bits per heavy atom. The van der Waals surface area contributed by atoms with Gasteiger partial charge in [0, 0.05) is 11.8 Å². The fraction of sp³-hybridized carbons (Fsp3) is 0.852. The number of ketones is 2. The Kier molecular flexibility index (Phi) is 5.08. The maximum absolute atomic E-state index is 13.5. The van der Waals surface area contributed by atoms with Crippen LogP contribution in [0.25, 0.3) is 0 Å². The zero-order valence-electron chi connectivity index (χ0n) is 20.0. The number of fused-ring (bicyclic) bond motifs is 6. The van der Waals surface area contributed by atoms with E-state index in [2.05, 4.69) is 13.8 Å². The van der Waals surface area contributed by atoms with Gasteiger partial charge >= 0.3 is 7.12 Å². The number of hydrogen-bond donors (Lipinski definition) is 0. The van der Waals surface area contributed by atoms with Gasteiger partial charge in [-0.25, -0.2) is 0 Å². The molecule has 1 aliphatic heterocycles. The van der Waals surface area contributed by atoms with Gasteiger partial charge in [-0.15, -0.1) is 0 Å². The molecule has 5 aliphatic carbocycles. The highest BCUT2D eigenvalue weighted by molar-refractivity contribution is 6.48. The second-order valence-corrected chi connectivity index (χ2v) is 12.4. The van der Waals surface area contributed by atoms with Crippen molar-refractivity contribution < 1.29 is 18.9 Å². The van der Waals surface area contributed by atoms with Crippen LogP contribution in [0.1, 0.15) is 97.3 Å². The van der Waals surface area contributed by atoms with Crippen molar-refractivity contribution in [3.05, 3.63) is 11.6 Å². The fourth-order valence-electron chi connectivity index (χ4n) is 9.42. The van der Waals surface area contributed by atoms with Crippen LogP contribution in [-0.2, 0) is 18.9 Å². The molecule has 0 aromatic heterocycles. The number of rotatable bonds is 1. The average Bonchev–Trinajstić information content (AvgIpc) is 3.09. The molecule has 0 amide bonds. The molecule has 32 heavy (non-hydrogen) atoms. The molecule has 6 aliphatic rings. The first-order valence-electron chi connectivity index (χ1n) is 13.4. The highest BCUT2D eigenvalue weighted by atomic mass is 16.6. The molecule has 4 nitrogen and oxygen atoms in total. The van der Waals surface area contributed by atoms with E-state index in [4.69, 9.17) is 9.31 Å². The van der Waals surface area contributed by atoms with Gasteiger partial charge in [0.2, 0.25) is 0 Å². The van der Waals surface area contributed by atoms with E-state index < -0.39 is 5.60 Å². The van der Waals surface area contributed by atoms with E-state index in [0.717, 1.165) is 38.5 Å². The van der Waals surface area contributed by atoms with Crippen molar-refractivity contribution in [2.45, 2.75) is 109 Å². The van der Waals surface area contributed by atoms with Gasteiger partial charge in [-0.3, -0.25) is 9.59 Å². The summed E-state index contributed by atoms with van der Waals surface area (Å²) in [6.07, 6.45) is 16.3. The number of carbonyl (C=O) groups is 2. The third-order valence-electron chi connectivity index (χ3n) is 11.3. The minimum atomic E-state index is -0.636. The van der Waals surface area contributed by atoms with Gasteiger partial charge in [-0.05, 0) is 80.0 Å². The summed E-state index contributed by atoms with van der Waals surface area (Å²) in [5.74, 6) is 2.83. The Labute approximate surface area is 193 Å². The first-order valence-corrected chi connectivity index (χ1v) is 13.4. The highest BCUT2D eigenvalue weighted by Crippen LogP contribution is 2.69. The van der Waals surface area contributed by atoms with Crippen molar-refractivity contribution in [3.8, 4) is 0 Å². The van der Waals surface area contributed by atoms with E-state index in [-0.39, 0.29) is 30.3 Å². The van der Waals surface area contributed by atoms with E-state index in [1.165, 1.54) is 44.1 Å². The SMILES string of the molecule is CC12CCC(=O)C=C1CCC1C2CCC2(C)C1CCC21OB(C2CCCCC2)OCC1=O. The molecular formula is C27H39BO4. The molecule has 0 bridgehead atoms. The Bertz CT molecular complexity index is 847. The maximum Gasteiger partial charge on any atom is 0.461 e. The molecule has 1 heterocycles. The minimum Gasteiger partial charge on any atom is -0.403 e. The van der Waals surface area contributed by atoms with Crippen LogP contribution in [-0.4, -0.2) is 30.9 Å². The average molecular weight is 438 g/mol. The summed E-state index contributed by atoms with van der Waals surface area (Å²) in [6.45, 7) is 5.06. The Morgan fingerprint density at radius 3 is 2.50 bits per heavy atom. The molecule has 0 radical (unpaired) electrons. The monoisotopic (exact) mass is 438 g/mol. The molecule has 1 spiro atoms. The molecule has 5 heteroatoms. The van der Waals surface area contributed by atoms with Gasteiger partial charge in [0.1, 0.15) is 5.60 Å². The summed E-state index contributed by atoms with van der Waals surface area (Å²) in [5.41, 5.74) is 0.883.